The summed E-state index contributed by atoms with van der Waals surface area (Å²) in [6, 6.07) is 16.0. The number of rotatable bonds is 4. The van der Waals surface area contributed by atoms with Gasteiger partial charge in [-0.3, -0.25) is 4.79 Å². The summed E-state index contributed by atoms with van der Waals surface area (Å²) >= 11 is 0. The SMILES string of the molecule is O=C1CCc2ccc(OC/C=C/c3ccccc3)cc2N1. The molecule has 0 aromatic heterocycles. The molecule has 21 heavy (non-hydrogen) atoms. The van der Waals surface area contributed by atoms with E-state index in [1.807, 2.05) is 60.7 Å². The topological polar surface area (TPSA) is 38.3 Å². The largest absolute Gasteiger partial charge is 0.489 e. The van der Waals surface area contributed by atoms with Crippen LogP contribution in [-0.4, -0.2) is 12.5 Å². The first kappa shape index (κ1) is 13.4. The highest BCUT2D eigenvalue weighted by molar-refractivity contribution is 5.94. The van der Waals surface area contributed by atoms with E-state index in [0.717, 1.165) is 23.4 Å². The molecule has 0 atom stereocenters. The number of aryl methyl sites for hydroxylation is 1. The van der Waals surface area contributed by atoms with Gasteiger partial charge in [-0.05, 0) is 29.7 Å². The zero-order chi connectivity index (χ0) is 14.5. The third-order valence-electron chi connectivity index (χ3n) is 3.43. The zero-order valence-electron chi connectivity index (χ0n) is 11.7. The van der Waals surface area contributed by atoms with Gasteiger partial charge in [0.1, 0.15) is 12.4 Å². The Morgan fingerprint density at radius 1 is 1.10 bits per heavy atom. The fourth-order valence-electron chi connectivity index (χ4n) is 2.33. The Balaban J connectivity index is 1.60. The molecule has 106 valence electrons. The maximum Gasteiger partial charge on any atom is 0.224 e. The van der Waals surface area contributed by atoms with E-state index in [0.29, 0.717) is 13.0 Å². The molecule has 3 heteroatoms. The summed E-state index contributed by atoms with van der Waals surface area (Å²) in [5.74, 6) is 0.845. The van der Waals surface area contributed by atoms with Gasteiger partial charge in [0.05, 0.1) is 0 Å². The third-order valence-corrected chi connectivity index (χ3v) is 3.43. The van der Waals surface area contributed by atoms with Crippen molar-refractivity contribution < 1.29 is 9.53 Å². The normalized spacial score (nSPS) is 13.8. The number of nitrogens with one attached hydrogen (secondary N) is 1. The van der Waals surface area contributed by atoms with E-state index in [2.05, 4.69) is 5.32 Å². The van der Waals surface area contributed by atoms with Crippen LogP contribution >= 0.6 is 0 Å². The summed E-state index contributed by atoms with van der Waals surface area (Å²) < 4.78 is 5.69. The number of amides is 1. The van der Waals surface area contributed by atoms with Crippen LogP contribution in [0.1, 0.15) is 17.5 Å². The average Bonchev–Trinajstić information content (AvgIpc) is 2.52. The van der Waals surface area contributed by atoms with Crippen molar-refractivity contribution in [2.24, 2.45) is 0 Å². The molecule has 0 spiro atoms. The Kier molecular flexibility index (Phi) is 4.01. The second-order valence-electron chi connectivity index (χ2n) is 4.99. The summed E-state index contributed by atoms with van der Waals surface area (Å²) in [6.45, 7) is 0.502. The minimum absolute atomic E-state index is 0.0728. The monoisotopic (exact) mass is 279 g/mol. The van der Waals surface area contributed by atoms with Crippen molar-refractivity contribution in [2.45, 2.75) is 12.8 Å². The number of carbonyl (C=O) groups is 1. The quantitative estimate of drug-likeness (QED) is 0.927. The average molecular weight is 279 g/mol. The molecule has 2 aromatic rings. The molecule has 3 nitrogen and oxygen atoms in total. The number of ether oxygens (including phenoxy) is 1. The number of hydrogen-bond donors (Lipinski definition) is 1. The molecule has 2 aromatic carbocycles. The van der Waals surface area contributed by atoms with E-state index in [9.17, 15) is 4.79 Å². The van der Waals surface area contributed by atoms with Crippen molar-refractivity contribution in [3.63, 3.8) is 0 Å². The predicted octanol–water partition coefficient (Wildman–Crippen LogP) is 3.66. The lowest BCUT2D eigenvalue weighted by Gasteiger charge is -2.17. The van der Waals surface area contributed by atoms with Gasteiger partial charge in [0.25, 0.3) is 0 Å². The maximum absolute atomic E-state index is 11.4. The lowest BCUT2D eigenvalue weighted by molar-refractivity contribution is -0.116. The molecule has 0 saturated carbocycles. The van der Waals surface area contributed by atoms with E-state index >= 15 is 0 Å². The second kappa shape index (κ2) is 6.27. The molecule has 1 aliphatic rings. The number of benzene rings is 2. The molecule has 3 rings (SSSR count). The first-order chi connectivity index (χ1) is 10.3. The first-order valence-corrected chi connectivity index (χ1v) is 7.08. The summed E-state index contributed by atoms with van der Waals surface area (Å²) in [7, 11) is 0. The van der Waals surface area contributed by atoms with E-state index in [4.69, 9.17) is 4.74 Å². The third kappa shape index (κ3) is 3.51. The van der Waals surface area contributed by atoms with Crippen molar-refractivity contribution >= 4 is 17.7 Å². The van der Waals surface area contributed by atoms with Gasteiger partial charge >= 0.3 is 0 Å². The first-order valence-electron chi connectivity index (χ1n) is 7.08. The second-order valence-corrected chi connectivity index (χ2v) is 4.99. The van der Waals surface area contributed by atoms with Crippen LogP contribution in [0.3, 0.4) is 0 Å². The van der Waals surface area contributed by atoms with Gasteiger partial charge in [0.2, 0.25) is 5.91 Å². The van der Waals surface area contributed by atoms with Gasteiger partial charge in [-0.15, -0.1) is 0 Å². The molecule has 0 radical (unpaired) electrons. The summed E-state index contributed by atoms with van der Waals surface area (Å²) in [4.78, 5) is 11.4. The molecule has 0 saturated heterocycles. The van der Waals surface area contributed by atoms with Crippen LogP contribution in [0.15, 0.2) is 54.6 Å². The highest BCUT2D eigenvalue weighted by Gasteiger charge is 2.14. The van der Waals surface area contributed by atoms with Crippen molar-refractivity contribution in [1.82, 2.24) is 0 Å². The molecular weight excluding hydrogens is 262 g/mol. The standard InChI is InChI=1S/C18H17NO2/c20-18-11-9-15-8-10-16(13-17(15)19-18)21-12-4-7-14-5-2-1-3-6-14/h1-8,10,13H,9,11-12H2,(H,19,20)/b7-4+. The van der Waals surface area contributed by atoms with Crippen molar-refractivity contribution in [1.29, 1.82) is 0 Å². The van der Waals surface area contributed by atoms with Crippen LogP contribution < -0.4 is 10.1 Å². The molecule has 1 amide bonds. The lowest BCUT2D eigenvalue weighted by Crippen LogP contribution is -2.18. The highest BCUT2D eigenvalue weighted by Crippen LogP contribution is 2.27. The Bertz CT molecular complexity index is 662. The molecule has 0 aliphatic carbocycles. The van der Waals surface area contributed by atoms with Gasteiger partial charge < -0.3 is 10.1 Å². The van der Waals surface area contributed by atoms with Gasteiger partial charge in [-0.25, -0.2) is 0 Å². The van der Waals surface area contributed by atoms with Crippen molar-refractivity contribution in [2.75, 3.05) is 11.9 Å². The lowest BCUT2D eigenvalue weighted by atomic mass is 10.0. The predicted molar refractivity (Wildman–Crippen MR) is 84.4 cm³/mol. The van der Waals surface area contributed by atoms with Gasteiger partial charge in [-0.2, -0.15) is 0 Å². The van der Waals surface area contributed by atoms with Crippen LogP contribution in [-0.2, 0) is 11.2 Å². The van der Waals surface area contributed by atoms with E-state index < -0.39 is 0 Å². The Hall–Kier alpha value is -2.55. The van der Waals surface area contributed by atoms with E-state index in [1.54, 1.807) is 0 Å². The number of hydrogen-bond acceptors (Lipinski definition) is 2. The maximum atomic E-state index is 11.4. The van der Waals surface area contributed by atoms with Crippen LogP contribution in [0.25, 0.3) is 6.08 Å². The van der Waals surface area contributed by atoms with Crippen molar-refractivity contribution in [3.8, 4) is 5.75 Å². The fraction of sp³-hybridized carbons (Fsp3) is 0.167. The van der Waals surface area contributed by atoms with E-state index in [1.165, 1.54) is 5.56 Å². The Morgan fingerprint density at radius 3 is 2.81 bits per heavy atom. The van der Waals surface area contributed by atoms with Gasteiger partial charge in [0, 0.05) is 18.2 Å². The molecule has 1 heterocycles. The minimum atomic E-state index is 0.0728. The number of carbonyl (C=O) groups excluding carboxylic acids is 1. The van der Waals surface area contributed by atoms with Gasteiger partial charge in [-0.1, -0.05) is 42.5 Å². The molecular formula is C18H17NO2. The minimum Gasteiger partial charge on any atom is -0.489 e. The summed E-state index contributed by atoms with van der Waals surface area (Å²) in [5.41, 5.74) is 3.19. The summed E-state index contributed by atoms with van der Waals surface area (Å²) in [5, 5.41) is 2.88. The highest BCUT2D eigenvalue weighted by atomic mass is 16.5. The molecule has 1 aliphatic heterocycles. The zero-order valence-corrected chi connectivity index (χ0v) is 11.7. The van der Waals surface area contributed by atoms with Crippen LogP contribution in [0, 0.1) is 0 Å². The summed E-state index contributed by atoms with van der Waals surface area (Å²) in [6.07, 6.45) is 5.37. The fourth-order valence-corrected chi connectivity index (χ4v) is 2.33. The number of anilines is 1. The molecule has 0 fully saturated rings. The Labute approximate surface area is 124 Å². The van der Waals surface area contributed by atoms with Crippen LogP contribution in [0.4, 0.5) is 5.69 Å². The van der Waals surface area contributed by atoms with Crippen LogP contribution in [0.5, 0.6) is 5.75 Å². The molecule has 0 bridgehead atoms. The number of fused-ring (bicyclic) bond motifs is 1. The smallest absolute Gasteiger partial charge is 0.224 e. The Morgan fingerprint density at radius 2 is 1.95 bits per heavy atom. The molecule has 1 N–H and O–H groups in total. The van der Waals surface area contributed by atoms with E-state index in [-0.39, 0.29) is 5.91 Å². The molecule has 0 unspecified atom stereocenters. The van der Waals surface area contributed by atoms with Crippen molar-refractivity contribution in [3.05, 3.63) is 65.7 Å². The van der Waals surface area contributed by atoms with Crippen LogP contribution in [0.2, 0.25) is 0 Å². The van der Waals surface area contributed by atoms with Gasteiger partial charge in [0.15, 0.2) is 0 Å².